The van der Waals surface area contributed by atoms with Crippen LogP contribution in [-0.4, -0.2) is 84.9 Å². The first-order valence-corrected chi connectivity index (χ1v) is 57.0. The van der Waals surface area contributed by atoms with Gasteiger partial charge in [0.2, 0.25) is 0 Å². The lowest BCUT2D eigenvalue weighted by Crippen LogP contribution is -2.50. The van der Waals surface area contributed by atoms with Gasteiger partial charge in [0.1, 0.15) is 0 Å². The summed E-state index contributed by atoms with van der Waals surface area (Å²) in [5.41, 5.74) is 41.0. The van der Waals surface area contributed by atoms with Crippen LogP contribution in [0.4, 0.5) is 0 Å². The molecule has 2 fully saturated rings. The maximum absolute atomic E-state index is 2.66. The largest absolute Gasteiger partial charge is 0.370 e. The molecule has 0 saturated carbocycles. The van der Waals surface area contributed by atoms with E-state index in [0.29, 0.717) is 75.0 Å². The minimum absolute atomic E-state index is 0.150. The molecule has 784 valence electrons. The highest BCUT2D eigenvalue weighted by atomic mass is 15.2. The van der Waals surface area contributed by atoms with Gasteiger partial charge in [0.25, 0.3) is 0 Å². The summed E-state index contributed by atoms with van der Waals surface area (Å²) >= 11 is 0. The topological polar surface area (TPSA) is 16.2 Å². The number of allylic oxidation sites excluding steroid dienone is 22. The SMILES string of the molecule is CC(C)C1=C(C(C)C)C(C)(C)C(C)C1.CC(C)C1=C(C(C)C)C(C)CC(C)(C)C1.CC1=CC(C)(C)N2CCCC(=C(C)C)C2=C1C(C)C.CCC1=CC(C)(C)N(CC)C(C(C)C)=C1C(C)C.CCC1=CC(C)(C)N2CCCC(=C(C)C)C2=C1C(C)C.CCC1CC(C)(C)CC(C(C)C)=C1C(C)C.CCN1C(C(C)C)=C(C(C)C)C(C)=CC1(C)C.CCN1C(C(C)C)=C(C(C)C)C(C)CC1(C)C. The van der Waals surface area contributed by atoms with Gasteiger partial charge in [-0.05, 0) is 399 Å². The summed E-state index contributed by atoms with van der Waals surface area (Å²) in [7, 11) is 0. The van der Waals surface area contributed by atoms with Crippen molar-refractivity contribution >= 4 is 0 Å². The number of hydrogen-bond acceptors (Lipinski definition) is 5. The van der Waals surface area contributed by atoms with Crippen LogP contribution in [0.5, 0.6) is 0 Å². The quantitative estimate of drug-likeness (QED) is 0.113. The van der Waals surface area contributed by atoms with Crippen LogP contribution in [0.1, 0.15) is 492 Å². The number of fused-ring (bicyclic) bond motifs is 2. The zero-order valence-corrected chi connectivity index (χ0v) is 103. The van der Waals surface area contributed by atoms with Gasteiger partial charge in [0, 0.05) is 66.7 Å². The smallest absolute Gasteiger partial charge is 0.0534 e. The van der Waals surface area contributed by atoms with E-state index in [9.17, 15) is 0 Å². The molecule has 10 rings (SSSR count). The minimum Gasteiger partial charge on any atom is -0.370 e. The second kappa shape index (κ2) is 51.2. The summed E-state index contributed by atoms with van der Waals surface area (Å²) in [6.45, 7) is 144. The van der Waals surface area contributed by atoms with E-state index in [4.69, 9.17) is 0 Å². The van der Waals surface area contributed by atoms with Crippen molar-refractivity contribution in [1.29, 1.82) is 0 Å². The normalized spacial score (nSPS) is 23.4. The molecule has 0 aromatic rings. The van der Waals surface area contributed by atoms with Gasteiger partial charge in [0.15, 0.2) is 0 Å². The molecule has 10 aliphatic rings. The predicted molar refractivity (Wildman–Crippen MR) is 615 cm³/mol. The molecule has 7 heterocycles. The average molecular weight is 1880 g/mol. The first-order chi connectivity index (χ1) is 62.0. The molecule has 136 heavy (non-hydrogen) atoms. The van der Waals surface area contributed by atoms with Crippen molar-refractivity contribution in [2.24, 2.45) is 123 Å². The van der Waals surface area contributed by atoms with Crippen molar-refractivity contribution in [2.45, 2.75) is 520 Å². The van der Waals surface area contributed by atoms with Gasteiger partial charge in [-0.25, -0.2) is 0 Å². The fraction of sp³-hybridized carbons (Fsp3) is 0.786. The fourth-order valence-corrected chi connectivity index (χ4v) is 28.0. The van der Waals surface area contributed by atoms with Crippen LogP contribution >= 0.6 is 0 Å². The van der Waals surface area contributed by atoms with E-state index in [1.54, 1.807) is 112 Å². The van der Waals surface area contributed by atoms with Gasteiger partial charge < -0.3 is 24.5 Å². The molecule has 0 spiro atoms. The summed E-state index contributed by atoms with van der Waals surface area (Å²) in [6.07, 6.45) is 26.5. The second-order valence-corrected chi connectivity index (χ2v) is 53.9. The Kier molecular flexibility index (Phi) is 47.3. The number of hydrogen-bond donors (Lipinski definition) is 0. The molecular formula is C131H235N5. The lowest BCUT2D eigenvalue weighted by Gasteiger charge is -2.50. The maximum Gasteiger partial charge on any atom is 0.0534 e. The van der Waals surface area contributed by atoms with Crippen LogP contribution in [0.25, 0.3) is 0 Å². The summed E-state index contributed by atoms with van der Waals surface area (Å²) in [4.78, 5) is 13.1. The van der Waals surface area contributed by atoms with Gasteiger partial charge >= 0.3 is 0 Å². The molecule has 4 atom stereocenters. The molecule has 7 aliphatic heterocycles. The van der Waals surface area contributed by atoms with Crippen molar-refractivity contribution in [3.63, 3.8) is 0 Å². The molecule has 0 amide bonds. The summed E-state index contributed by atoms with van der Waals surface area (Å²) < 4.78 is 0. The number of rotatable bonds is 20. The van der Waals surface area contributed by atoms with Gasteiger partial charge in [-0.2, -0.15) is 0 Å². The molecule has 0 radical (unpaired) electrons. The highest BCUT2D eigenvalue weighted by molar-refractivity contribution is 5.54. The zero-order chi connectivity index (χ0) is 106. The van der Waals surface area contributed by atoms with Gasteiger partial charge in [-0.3, -0.25) is 0 Å². The summed E-state index contributed by atoms with van der Waals surface area (Å²) in [6, 6.07) is 0. The molecule has 5 heteroatoms. The van der Waals surface area contributed by atoms with E-state index in [1.807, 2.05) is 0 Å². The highest BCUT2D eigenvalue weighted by Crippen LogP contribution is 2.55. The van der Waals surface area contributed by atoms with E-state index in [1.165, 1.54) is 106 Å². The van der Waals surface area contributed by atoms with Crippen LogP contribution in [0.2, 0.25) is 0 Å². The summed E-state index contributed by atoms with van der Waals surface area (Å²) in [5, 5.41) is 0. The zero-order valence-electron chi connectivity index (χ0n) is 103. The average Bonchev–Trinajstić information content (AvgIpc) is 0.812. The molecule has 4 unspecified atom stereocenters. The predicted octanol–water partition coefficient (Wildman–Crippen LogP) is 40.0. The minimum atomic E-state index is 0.150. The van der Waals surface area contributed by atoms with Crippen molar-refractivity contribution in [2.75, 3.05) is 32.7 Å². The molecule has 5 nitrogen and oxygen atoms in total. The molecule has 0 aromatic heterocycles. The van der Waals surface area contributed by atoms with Crippen molar-refractivity contribution < 1.29 is 0 Å². The lowest BCUT2D eigenvalue weighted by atomic mass is 9.64. The Morgan fingerprint density at radius 3 is 1.02 bits per heavy atom. The molecule has 3 aliphatic carbocycles. The molecule has 0 N–H and O–H groups in total. The fourth-order valence-electron chi connectivity index (χ4n) is 28.0. The standard InChI is InChI=1S/C19H31N.C18H29N.C17H31N.C16H31N.C16H29N.C16H30.C15H28.C14H26/c1-8-15-12-19(6,7)20-11-9-10-16(13(2)3)18(20)17(15)14(4)5;1-12(2)15-9-8-10-19-17(15)16(13(3)4)14(5)11-18(19,6)7;1-9-14-11-17(7,8)18(10-2)16(13(5)6)15(14)12(3)4;2*1-9-17-15(12(4)5)14(11(2)3)13(6)10-16(17,7)8;1-8-13-9-16(6,7)10-14(11(2)3)15(13)12(4)5;1-10(2)13-9-15(6,7)8-12(5)14(13)11(3)4;1-9(2)12-8-11(5)14(6,7)13(12)10(3)4/h12,14H,8-11H2,1-7H3;11,13H,8-10H2,1-7H3;11-13H,9-10H2,1-8H3;11-13H,9-10H2,1-8H3;10-12H,9H2,1-8H3;11-13H,8-10H2,1-7H3;10-12H,8-9H2,1-7H3;9-11H,8H2,1-7H3. The molecular weight excluding hydrogens is 1640 g/mol. The van der Waals surface area contributed by atoms with Gasteiger partial charge in [-0.1, -0.05) is 346 Å². The third kappa shape index (κ3) is 31.0. The Labute approximate surface area is 852 Å². The van der Waals surface area contributed by atoms with Crippen LogP contribution in [0.15, 0.2) is 159 Å². The molecule has 0 bridgehead atoms. The number of likely N-dealkylation sites (N-methyl/N-ethyl adjacent to an activating group) is 2. The second-order valence-electron chi connectivity index (χ2n) is 53.9. The van der Waals surface area contributed by atoms with Crippen molar-refractivity contribution in [3.8, 4) is 0 Å². The first kappa shape index (κ1) is 126. The van der Waals surface area contributed by atoms with E-state index in [-0.39, 0.29) is 22.2 Å². The highest BCUT2D eigenvalue weighted by Gasteiger charge is 2.46. The Morgan fingerprint density at radius 1 is 0.338 bits per heavy atom. The van der Waals surface area contributed by atoms with Gasteiger partial charge in [0.05, 0.1) is 22.2 Å². The Morgan fingerprint density at radius 2 is 0.676 bits per heavy atom. The molecule has 2 saturated heterocycles. The van der Waals surface area contributed by atoms with Gasteiger partial charge in [-0.15, -0.1) is 0 Å². The Hall–Kier alpha value is -4.64. The number of piperidine rings is 2. The Balaban J connectivity index is 0.000000401. The van der Waals surface area contributed by atoms with Crippen LogP contribution in [0.3, 0.4) is 0 Å². The van der Waals surface area contributed by atoms with Crippen molar-refractivity contribution in [1.82, 2.24) is 24.5 Å². The van der Waals surface area contributed by atoms with Crippen LogP contribution in [0, 0.1) is 123 Å². The van der Waals surface area contributed by atoms with E-state index < -0.39 is 0 Å². The van der Waals surface area contributed by atoms with Crippen molar-refractivity contribution in [3.05, 3.63) is 159 Å². The molecule has 0 aromatic carbocycles. The van der Waals surface area contributed by atoms with E-state index in [0.717, 1.165) is 85.7 Å². The monoisotopic (exact) mass is 1880 g/mol. The maximum atomic E-state index is 2.66. The third-order valence-electron chi connectivity index (χ3n) is 32.9. The van der Waals surface area contributed by atoms with E-state index in [2.05, 4.69) is 457 Å². The van der Waals surface area contributed by atoms with E-state index >= 15 is 0 Å². The first-order valence-electron chi connectivity index (χ1n) is 57.0. The third-order valence-corrected chi connectivity index (χ3v) is 32.9. The number of nitrogens with zero attached hydrogens (tertiary/aromatic N) is 5. The van der Waals surface area contributed by atoms with Crippen LogP contribution in [-0.2, 0) is 0 Å². The Bertz CT molecular complexity index is 4350. The summed E-state index contributed by atoms with van der Waals surface area (Å²) in [5.74, 6) is 12.4. The van der Waals surface area contributed by atoms with Crippen LogP contribution < -0.4 is 0 Å². The lowest BCUT2D eigenvalue weighted by molar-refractivity contribution is 0.106.